The third-order valence-corrected chi connectivity index (χ3v) is 19.8. The SMILES string of the molecule is c1cc2cccc3c4cccc5cccc(c(c1)c23)c54.c1ccc(-c2cc(-c3ccccc3)cc(-c3c4ccccc4c(-c4cc(-c5ccccc5)cc(-c5ccccc5)c4)c4cc(-c5ccc(-c6c7ccccc7c(-c7ccccc7)c7ccccc67)cc5)ccc34)c2)cc1. The van der Waals surface area contributed by atoms with Gasteiger partial charge in [-0.3, -0.25) is 0 Å². The van der Waals surface area contributed by atoms with E-state index >= 15 is 0 Å². The average molecular weight is 1220 g/mol. The van der Waals surface area contributed by atoms with Crippen LogP contribution in [0.15, 0.2) is 376 Å². The Hall–Kier alpha value is -12.5. The van der Waals surface area contributed by atoms with Crippen LogP contribution in [0, 0.1) is 0 Å². The summed E-state index contributed by atoms with van der Waals surface area (Å²) in [6.45, 7) is 0. The maximum atomic E-state index is 2.46. The molecule has 0 radical (unpaired) electrons. The first-order valence-corrected chi connectivity index (χ1v) is 33.3. The number of benzene rings is 19. The summed E-state index contributed by atoms with van der Waals surface area (Å²) in [5, 5.41) is 20.8. The Morgan fingerprint density at radius 3 is 0.656 bits per heavy atom. The largest absolute Gasteiger partial charge is 0.0622 e. The summed E-state index contributed by atoms with van der Waals surface area (Å²) in [5.41, 5.74) is 21.6. The predicted octanol–water partition coefficient (Wildman–Crippen LogP) is 27.0. The van der Waals surface area contributed by atoms with Gasteiger partial charge in [0.2, 0.25) is 0 Å². The molecule has 0 heterocycles. The van der Waals surface area contributed by atoms with Crippen LogP contribution in [0.2, 0.25) is 0 Å². The number of fused-ring (bicyclic) bond motifs is 6. The number of rotatable bonds is 9. The Kier molecular flexibility index (Phi) is 14.0. The van der Waals surface area contributed by atoms with Crippen molar-refractivity contribution in [3.05, 3.63) is 376 Å². The molecular weight excluding hydrogens is 1150 g/mol. The first-order chi connectivity index (χ1) is 47.6. The van der Waals surface area contributed by atoms with Gasteiger partial charge in [-0.15, -0.1) is 0 Å². The molecule has 0 bridgehead atoms. The monoisotopic (exact) mass is 1210 g/mol. The third-order valence-electron chi connectivity index (χ3n) is 19.8. The van der Waals surface area contributed by atoms with Crippen LogP contribution >= 0.6 is 0 Å². The molecule has 0 atom stereocenters. The fraction of sp³-hybridized carbons (Fsp3) is 0. The van der Waals surface area contributed by atoms with Gasteiger partial charge in [0, 0.05) is 0 Å². The Bertz CT molecular complexity index is 5790. The second-order valence-electron chi connectivity index (χ2n) is 25.3. The van der Waals surface area contributed by atoms with E-state index in [1.165, 1.54) is 186 Å². The van der Waals surface area contributed by atoms with Gasteiger partial charge in [0.15, 0.2) is 0 Å². The van der Waals surface area contributed by atoms with E-state index in [-0.39, 0.29) is 0 Å². The van der Waals surface area contributed by atoms with Crippen molar-refractivity contribution < 1.29 is 0 Å². The van der Waals surface area contributed by atoms with E-state index in [2.05, 4.69) is 376 Å². The van der Waals surface area contributed by atoms with Gasteiger partial charge >= 0.3 is 0 Å². The molecule has 0 saturated heterocycles. The molecule has 446 valence electrons. The topological polar surface area (TPSA) is 0 Å². The van der Waals surface area contributed by atoms with Gasteiger partial charge in [-0.05, 0) is 229 Å². The first-order valence-electron chi connectivity index (χ1n) is 33.3. The molecule has 0 aromatic heterocycles. The Balaban J connectivity index is 0.000000283. The van der Waals surface area contributed by atoms with Crippen LogP contribution in [0.25, 0.3) is 186 Å². The van der Waals surface area contributed by atoms with Crippen LogP contribution in [0.5, 0.6) is 0 Å². The second kappa shape index (κ2) is 23.9. The molecule has 0 aliphatic heterocycles. The minimum absolute atomic E-state index is 1.17. The van der Waals surface area contributed by atoms with Gasteiger partial charge in [0.1, 0.15) is 0 Å². The van der Waals surface area contributed by atoms with Crippen molar-refractivity contribution in [2.45, 2.75) is 0 Å². The highest BCUT2D eigenvalue weighted by Gasteiger charge is 2.22. The lowest BCUT2D eigenvalue weighted by molar-refractivity contribution is 1.57. The molecule has 0 aliphatic carbocycles. The highest BCUT2D eigenvalue weighted by molar-refractivity contribution is 6.33. The molecular formula is C96H62. The van der Waals surface area contributed by atoms with E-state index in [1.54, 1.807) is 0 Å². The normalized spacial score (nSPS) is 11.5. The fourth-order valence-corrected chi connectivity index (χ4v) is 15.5. The molecule has 0 unspecified atom stereocenters. The molecule has 96 heavy (non-hydrogen) atoms. The van der Waals surface area contributed by atoms with Crippen LogP contribution in [-0.4, -0.2) is 0 Å². The minimum Gasteiger partial charge on any atom is -0.0622 e. The van der Waals surface area contributed by atoms with Crippen LogP contribution < -0.4 is 0 Å². The summed E-state index contributed by atoms with van der Waals surface area (Å²) >= 11 is 0. The molecule has 0 saturated carbocycles. The summed E-state index contributed by atoms with van der Waals surface area (Å²) in [5.74, 6) is 0. The van der Waals surface area contributed by atoms with Gasteiger partial charge in [-0.1, -0.05) is 334 Å². The van der Waals surface area contributed by atoms with Crippen molar-refractivity contribution in [1.29, 1.82) is 0 Å². The van der Waals surface area contributed by atoms with Crippen molar-refractivity contribution in [2.24, 2.45) is 0 Å². The zero-order valence-electron chi connectivity index (χ0n) is 52.8. The summed E-state index contributed by atoms with van der Waals surface area (Å²) in [6.07, 6.45) is 0. The second-order valence-corrected chi connectivity index (χ2v) is 25.3. The minimum atomic E-state index is 1.17. The molecule has 0 nitrogen and oxygen atoms in total. The predicted molar refractivity (Wildman–Crippen MR) is 413 cm³/mol. The van der Waals surface area contributed by atoms with Crippen LogP contribution in [0.1, 0.15) is 0 Å². The maximum Gasteiger partial charge on any atom is -0.00257 e. The molecule has 0 amide bonds. The molecule has 19 aromatic rings. The van der Waals surface area contributed by atoms with E-state index in [0.29, 0.717) is 0 Å². The average Bonchev–Trinajstić information content (AvgIpc) is 0.737. The van der Waals surface area contributed by atoms with Crippen molar-refractivity contribution in [3.8, 4) is 100 Å². The van der Waals surface area contributed by atoms with Crippen molar-refractivity contribution >= 4 is 86.2 Å². The maximum absolute atomic E-state index is 2.46. The third kappa shape index (κ3) is 9.86. The van der Waals surface area contributed by atoms with E-state index in [1.807, 2.05) is 0 Å². The summed E-state index contributed by atoms with van der Waals surface area (Å²) in [7, 11) is 0. The molecule has 0 heteroatoms. The van der Waals surface area contributed by atoms with E-state index < -0.39 is 0 Å². The Morgan fingerprint density at radius 1 is 0.104 bits per heavy atom. The number of hydrogen-bond donors (Lipinski definition) is 0. The fourth-order valence-electron chi connectivity index (χ4n) is 15.5. The first kappa shape index (κ1) is 56.3. The lowest BCUT2D eigenvalue weighted by atomic mass is 9.82. The van der Waals surface area contributed by atoms with Gasteiger partial charge in [-0.25, -0.2) is 0 Å². The molecule has 0 N–H and O–H groups in total. The van der Waals surface area contributed by atoms with Crippen LogP contribution in [0.3, 0.4) is 0 Å². The summed E-state index contributed by atoms with van der Waals surface area (Å²) in [4.78, 5) is 0. The van der Waals surface area contributed by atoms with Gasteiger partial charge < -0.3 is 0 Å². The Labute approximate surface area is 558 Å². The zero-order chi connectivity index (χ0) is 63.5. The number of hydrogen-bond acceptors (Lipinski definition) is 0. The van der Waals surface area contributed by atoms with Gasteiger partial charge in [0.25, 0.3) is 0 Å². The quantitative estimate of drug-likeness (QED) is 0.0998. The summed E-state index contributed by atoms with van der Waals surface area (Å²) in [6, 6.07) is 138. The highest BCUT2D eigenvalue weighted by Crippen LogP contribution is 2.50. The molecule has 19 rings (SSSR count). The lowest BCUT2D eigenvalue weighted by Crippen LogP contribution is -1.94. The molecule has 0 aliphatic rings. The lowest BCUT2D eigenvalue weighted by Gasteiger charge is -2.21. The van der Waals surface area contributed by atoms with E-state index in [9.17, 15) is 0 Å². The van der Waals surface area contributed by atoms with Gasteiger partial charge in [0.05, 0.1) is 0 Å². The summed E-state index contributed by atoms with van der Waals surface area (Å²) < 4.78 is 0. The van der Waals surface area contributed by atoms with Crippen molar-refractivity contribution in [2.75, 3.05) is 0 Å². The molecule has 0 fully saturated rings. The smallest absolute Gasteiger partial charge is 0.00257 e. The zero-order valence-corrected chi connectivity index (χ0v) is 52.8. The highest BCUT2D eigenvalue weighted by atomic mass is 14.3. The van der Waals surface area contributed by atoms with E-state index in [0.717, 1.165) is 0 Å². The van der Waals surface area contributed by atoms with Crippen molar-refractivity contribution in [3.63, 3.8) is 0 Å². The van der Waals surface area contributed by atoms with E-state index in [4.69, 9.17) is 0 Å². The van der Waals surface area contributed by atoms with Crippen LogP contribution in [0.4, 0.5) is 0 Å². The Morgan fingerprint density at radius 2 is 0.323 bits per heavy atom. The van der Waals surface area contributed by atoms with Crippen molar-refractivity contribution in [1.82, 2.24) is 0 Å². The molecule has 19 aromatic carbocycles. The molecule has 0 spiro atoms. The van der Waals surface area contributed by atoms with Crippen LogP contribution in [-0.2, 0) is 0 Å². The standard InChI is InChI=1S/C76H50.C20H12/c1-6-22-51(23-7-1)59-44-60(52-24-8-2-9-25-52)47-63(46-59)75-69-36-20-21-37-70(69)76(64-48-61(53-26-10-3-11-27-53)45-62(49-64)54-28-12-4-13-29-54)72-50-58(42-43-71(72)75)55-38-40-57(41-39-55)74-67-34-18-16-32-65(67)73(56-30-14-5-15-31-56)66-33-17-19-35-68(66)74;1-5-13-6-2-11-17-18-12-4-8-14-7-3-10-16(20(14)18)15(9-1)19(13)17/h1-50H;1-12H. The van der Waals surface area contributed by atoms with Gasteiger partial charge in [-0.2, -0.15) is 0 Å².